The van der Waals surface area contributed by atoms with Gasteiger partial charge in [-0.05, 0) is 24.4 Å². The molecule has 10 nitrogen and oxygen atoms in total. The first kappa shape index (κ1) is 17.8. The lowest BCUT2D eigenvalue weighted by Gasteiger charge is -2.23. The molecule has 142 valence electrons. The van der Waals surface area contributed by atoms with E-state index in [1.807, 2.05) is 0 Å². The maximum atomic E-state index is 10.2. The van der Waals surface area contributed by atoms with Gasteiger partial charge in [-0.25, -0.2) is 4.98 Å². The number of imidazole rings is 1. The number of aliphatic hydroxyl groups excluding tert-OH is 3. The minimum atomic E-state index is -1.23. The van der Waals surface area contributed by atoms with Gasteiger partial charge >= 0.3 is 0 Å². The van der Waals surface area contributed by atoms with Gasteiger partial charge in [0.05, 0.1) is 12.9 Å². The van der Waals surface area contributed by atoms with Gasteiger partial charge in [0.2, 0.25) is 5.28 Å². The van der Waals surface area contributed by atoms with Crippen LogP contribution < -0.4 is 5.32 Å². The van der Waals surface area contributed by atoms with Crippen LogP contribution in [-0.2, 0) is 9.47 Å². The summed E-state index contributed by atoms with van der Waals surface area (Å²) in [6, 6.07) is 0.192. The molecule has 0 amide bonds. The molecule has 4 N–H and O–H groups in total. The molecule has 2 fully saturated rings. The molecule has 0 spiro atoms. The van der Waals surface area contributed by atoms with Crippen molar-refractivity contribution in [1.82, 2.24) is 19.5 Å². The molecule has 2 aliphatic rings. The monoisotopic (exact) mass is 385 g/mol. The van der Waals surface area contributed by atoms with Crippen LogP contribution in [0, 0.1) is 0 Å². The van der Waals surface area contributed by atoms with Crippen molar-refractivity contribution in [2.75, 3.05) is 25.1 Å². The molecule has 2 aliphatic heterocycles. The predicted octanol–water partition coefficient (Wildman–Crippen LogP) is -0.318. The molecule has 0 radical (unpaired) electrons. The van der Waals surface area contributed by atoms with Gasteiger partial charge < -0.3 is 30.1 Å². The van der Waals surface area contributed by atoms with Gasteiger partial charge in [0.15, 0.2) is 23.2 Å². The minimum Gasteiger partial charge on any atom is -0.394 e. The molecule has 11 heteroatoms. The number of aliphatic hydroxyl groups is 3. The molecule has 26 heavy (non-hydrogen) atoms. The average molecular weight is 386 g/mol. The predicted molar refractivity (Wildman–Crippen MR) is 90.8 cm³/mol. The van der Waals surface area contributed by atoms with Crippen LogP contribution >= 0.6 is 11.6 Å². The summed E-state index contributed by atoms with van der Waals surface area (Å²) in [5.41, 5.74) is 0.855. The summed E-state index contributed by atoms with van der Waals surface area (Å²) in [5.74, 6) is 0.498. The lowest BCUT2D eigenvalue weighted by molar-refractivity contribution is -0.0511. The second-order valence-electron chi connectivity index (χ2n) is 6.43. The molecule has 0 unspecified atom stereocenters. The number of halogens is 1. The molecule has 4 heterocycles. The Morgan fingerprint density at radius 1 is 1.23 bits per heavy atom. The number of rotatable bonds is 4. The van der Waals surface area contributed by atoms with Crippen LogP contribution in [-0.4, -0.2) is 79.0 Å². The second kappa shape index (κ2) is 7.22. The lowest BCUT2D eigenvalue weighted by atomic mass is 10.1. The smallest absolute Gasteiger partial charge is 0.226 e. The van der Waals surface area contributed by atoms with E-state index in [4.69, 9.17) is 21.1 Å². The van der Waals surface area contributed by atoms with E-state index in [0.717, 1.165) is 12.8 Å². The van der Waals surface area contributed by atoms with Crippen molar-refractivity contribution in [2.24, 2.45) is 0 Å². The summed E-state index contributed by atoms with van der Waals surface area (Å²) in [6.45, 7) is 0.945. The Balaban J connectivity index is 1.67. The van der Waals surface area contributed by atoms with Gasteiger partial charge in [-0.1, -0.05) is 0 Å². The molecule has 0 aromatic carbocycles. The normalized spacial score (nSPS) is 30.2. The first-order valence-electron chi connectivity index (χ1n) is 8.45. The zero-order valence-electron chi connectivity index (χ0n) is 13.8. The van der Waals surface area contributed by atoms with E-state index in [9.17, 15) is 15.3 Å². The van der Waals surface area contributed by atoms with Crippen molar-refractivity contribution in [1.29, 1.82) is 0 Å². The summed E-state index contributed by atoms with van der Waals surface area (Å²) in [6.07, 6.45) is -1.12. The number of hydrogen-bond donors (Lipinski definition) is 4. The van der Waals surface area contributed by atoms with Crippen molar-refractivity contribution in [3.8, 4) is 0 Å². The van der Waals surface area contributed by atoms with Crippen LogP contribution in [0.15, 0.2) is 6.33 Å². The van der Waals surface area contributed by atoms with E-state index >= 15 is 0 Å². The number of anilines is 1. The zero-order chi connectivity index (χ0) is 18.3. The number of nitrogens with one attached hydrogen (secondary N) is 1. The fourth-order valence-electron chi connectivity index (χ4n) is 3.32. The highest BCUT2D eigenvalue weighted by atomic mass is 35.5. The Hall–Kier alpha value is -1.56. The Morgan fingerprint density at radius 2 is 2.00 bits per heavy atom. The fourth-order valence-corrected chi connectivity index (χ4v) is 3.49. The third kappa shape index (κ3) is 3.13. The first-order chi connectivity index (χ1) is 12.6. The summed E-state index contributed by atoms with van der Waals surface area (Å²) in [5, 5.41) is 32.8. The van der Waals surface area contributed by atoms with Crippen molar-refractivity contribution in [2.45, 2.75) is 43.4 Å². The molecule has 0 saturated carbocycles. The Labute approximate surface area is 153 Å². The molecule has 2 saturated heterocycles. The van der Waals surface area contributed by atoms with Gasteiger partial charge in [0.25, 0.3) is 0 Å². The largest absolute Gasteiger partial charge is 0.394 e. The van der Waals surface area contributed by atoms with Crippen LogP contribution in [0.5, 0.6) is 0 Å². The topological polar surface area (TPSA) is 135 Å². The molecular weight excluding hydrogens is 366 g/mol. The van der Waals surface area contributed by atoms with Crippen LogP contribution in [0.25, 0.3) is 11.2 Å². The van der Waals surface area contributed by atoms with E-state index in [1.54, 1.807) is 0 Å². The third-order valence-corrected chi connectivity index (χ3v) is 4.92. The summed E-state index contributed by atoms with van der Waals surface area (Å²) in [7, 11) is 0. The van der Waals surface area contributed by atoms with Crippen LogP contribution in [0.2, 0.25) is 5.28 Å². The van der Waals surface area contributed by atoms with Crippen LogP contribution in [0.1, 0.15) is 19.1 Å². The molecule has 2 aromatic rings. The molecule has 0 bridgehead atoms. The quantitative estimate of drug-likeness (QED) is 0.522. The number of aromatic nitrogens is 4. The fraction of sp³-hybridized carbons (Fsp3) is 0.667. The molecule has 2 aromatic heterocycles. The maximum absolute atomic E-state index is 10.2. The zero-order valence-corrected chi connectivity index (χ0v) is 14.6. The van der Waals surface area contributed by atoms with E-state index in [0.29, 0.717) is 30.2 Å². The van der Waals surface area contributed by atoms with Crippen molar-refractivity contribution in [3.05, 3.63) is 11.6 Å². The van der Waals surface area contributed by atoms with Gasteiger partial charge in [0.1, 0.15) is 18.3 Å². The summed E-state index contributed by atoms with van der Waals surface area (Å²) in [4.78, 5) is 12.8. The Morgan fingerprint density at radius 3 is 2.69 bits per heavy atom. The summed E-state index contributed by atoms with van der Waals surface area (Å²) < 4.78 is 12.4. The molecule has 0 aliphatic carbocycles. The van der Waals surface area contributed by atoms with Crippen molar-refractivity contribution < 1.29 is 24.8 Å². The first-order valence-corrected chi connectivity index (χ1v) is 8.83. The molecular formula is C15H20ClN5O5. The van der Waals surface area contributed by atoms with Crippen molar-refractivity contribution in [3.63, 3.8) is 0 Å². The van der Waals surface area contributed by atoms with Gasteiger partial charge in [-0.3, -0.25) is 4.57 Å². The van der Waals surface area contributed by atoms with Gasteiger partial charge in [-0.15, -0.1) is 0 Å². The molecule has 4 rings (SSSR count). The van der Waals surface area contributed by atoms with E-state index < -0.39 is 31.1 Å². The average Bonchev–Trinajstić information content (AvgIpc) is 3.17. The number of fused-ring (bicyclic) bond motifs is 1. The standard InChI is InChI=1S/C15H20ClN5O5/c16-15-19-12(18-7-1-3-25-4-2-7)9-13(20-15)21(6-17-9)14-11(24)10(23)8(5-22)26-14/h6-8,10-11,14,22-24H,1-5H2,(H,18,19,20)/t8-,10-,11-,14-/m1/s1. The molecule has 4 atom stereocenters. The highest BCUT2D eigenvalue weighted by Gasteiger charge is 2.44. The third-order valence-electron chi connectivity index (χ3n) is 4.75. The lowest BCUT2D eigenvalue weighted by Crippen LogP contribution is -2.33. The second-order valence-corrected chi connectivity index (χ2v) is 6.76. The van der Waals surface area contributed by atoms with E-state index in [1.165, 1.54) is 10.9 Å². The van der Waals surface area contributed by atoms with Crippen molar-refractivity contribution >= 4 is 28.6 Å². The van der Waals surface area contributed by atoms with Crippen LogP contribution in [0.4, 0.5) is 5.82 Å². The van der Waals surface area contributed by atoms with Gasteiger partial charge in [0, 0.05) is 19.3 Å². The minimum absolute atomic E-state index is 0.0283. The summed E-state index contributed by atoms with van der Waals surface area (Å²) >= 11 is 6.08. The highest BCUT2D eigenvalue weighted by Crippen LogP contribution is 2.33. The Bertz CT molecular complexity index is 783. The maximum Gasteiger partial charge on any atom is 0.226 e. The van der Waals surface area contributed by atoms with E-state index in [-0.39, 0.29) is 11.3 Å². The highest BCUT2D eigenvalue weighted by molar-refractivity contribution is 6.28. The SMILES string of the molecule is OC[C@H]1O[C@@H](n2cnc3c(NC4CCOCC4)nc(Cl)nc32)[C@H](O)[C@@H]1O. The number of ether oxygens (including phenoxy) is 2. The van der Waals surface area contributed by atoms with Gasteiger partial charge in [-0.2, -0.15) is 9.97 Å². The Kier molecular flexibility index (Phi) is 4.95. The number of nitrogens with zero attached hydrogens (tertiary/aromatic N) is 4. The van der Waals surface area contributed by atoms with Crippen LogP contribution in [0.3, 0.4) is 0 Å². The number of hydrogen-bond acceptors (Lipinski definition) is 9. The van der Waals surface area contributed by atoms with E-state index in [2.05, 4.69) is 20.3 Å².